The lowest BCUT2D eigenvalue weighted by molar-refractivity contribution is 0.406. The summed E-state index contributed by atoms with van der Waals surface area (Å²) in [5.74, 6) is 0.654. The number of aryl methyl sites for hydroxylation is 1. The standard InChI is InChI=1S/C12H13BrClN3O/c1-17-12(10(18-2)6-16-17)11(15)8-5-7(13)3-4-9(8)14/h3-6,11H,15H2,1-2H3. The van der Waals surface area contributed by atoms with Gasteiger partial charge in [0.15, 0.2) is 5.75 Å². The lowest BCUT2D eigenvalue weighted by Gasteiger charge is -2.16. The number of hydrogen-bond acceptors (Lipinski definition) is 3. The van der Waals surface area contributed by atoms with Crippen molar-refractivity contribution in [1.29, 1.82) is 0 Å². The topological polar surface area (TPSA) is 53.1 Å². The first-order chi connectivity index (χ1) is 8.54. The molecule has 1 aromatic heterocycles. The van der Waals surface area contributed by atoms with E-state index in [9.17, 15) is 0 Å². The summed E-state index contributed by atoms with van der Waals surface area (Å²) in [6.07, 6.45) is 1.64. The molecule has 0 saturated carbocycles. The average Bonchev–Trinajstić information content (AvgIpc) is 2.72. The Balaban J connectivity index is 2.50. The molecule has 2 rings (SSSR count). The Morgan fingerprint density at radius 3 is 2.89 bits per heavy atom. The van der Waals surface area contributed by atoms with Crippen LogP contribution in [-0.4, -0.2) is 16.9 Å². The van der Waals surface area contributed by atoms with Gasteiger partial charge in [-0.25, -0.2) is 0 Å². The van der Waals surface area contributed by atoms with Crippen molar-refractivity contribution in [2.45, 2.75) is 6.04 Å². The summed E-state index contributed by atoms with van der Waals surface area (Å²) in [5.41, 5.74) is 7.88. The van der Waals surface area contributed by atoms with Gasteiger partial charge < -0.3 is 10.5 Å². The highest BCUT2D eigenvalue weighted by atomic mass is 79.9. The lowest BCUT2D eigenvalue weighted by Crippen LogP contribution is -2.17. The zero-order valence-electron chi connectivity index (χ0n) is 10.0. The summed E-state index contributed by atoms with van der Waals surface area (Å²) >= 11 is 9.60. The maximum Gasteiger partial charge on any atom is 0.161 e. The van der Waals surface area contributed by atoms with Gasteiger partial charge in [-0.2, -0.15) is 5.10 Å². The van der Waals surface area contributed by atoms with Gasteiger partial charge in [0.1, 0.15) is 5.69 Å². The number of ether oxygens (including phenoxy) is 1. The maximum atomic E-state index is 6.26. The molecule has 6 heteroatoms. The van der Waals surface area contributed by atoms with E-state index in [1.165, 1.54) is 0 Å². The number of aromatic nitrogens is 2. The number of methoxy groups -OCH3 is 1. The van der Waals surface area contributed by atoms with Gasteiger partial charge in [-0.1, -0.05) is 27.5 Å². The summed E-state index contributed by atoms with van der Waals surface area (Å²) in [7, 11) is 3.42. The van der Waals surface area contributed by atoms with Crippen LogP contribution in [-0.2, 0) is 7.05 Å². The van der Waals surface area contributed by atoms with Crippen LogP contribution in [0.25, 0.3) is 0 Å². The number of rotatable bonds is 3. The molecule has 0 fully saturated rings. The van der Waals surface area contributed by atoms with Crippen LogP contribution in [0.3, 0.4) is 0 Å². The molecule has 1 aromatic carbocycles. The molecule has 0 spiro atoms. The highest BCUT2D eigenvalue weighted by Crippen LogP contribution is 2.32. The second-order valence-electron chi connectivity index (χ2n) is 3.87. The first-order valence-electron chi connectivity index (χ1n) is 5.31. The van der Waals surface area contributed by atoms with Crippen LogP contribution >= 0.6 is 27.5 Å². The van der Waals surface area contributed by atoms with Crippen molar-refractivity contribution in [1.82, 2.24) is 9.78 Å². The van der Waals surface area contributed by atoms with Crippen molar-refractivity contribution < 1.29 is 4.74 Å². The third-order valence-electron chi connectivity index (χ3n) is 2.76. The molecule has 2 N–H and O–H groups in total. The summed E-state index contributed by atoms with van der Waals surface area (Å²) in [4.78, 5) is 0. The number of nitrogens with zero attached hydrogens (tertiary/aromatic N) is 2. The molecule has 0 saturated heterocycles. The average molecular weight is 331 g/mol. The van der Waals surface area contributed by atoms with Gasteiger partial charge in [-0.05, 0) is 23.8 Å². The van der Waals surface area contributed by atoms with Crippen molar-refractivity contribution in [2.75, 3.05) is 7.11 Å². The third kappa shape index (κ3) is 2.39. The quantitative estimate of drug-likeness (QED) is 0.941. The van der Waals surface area contributed by atoms with Crippen LogP contribution in [0, 0.1) is 0 Å². The fourth-order valence-corrected chi connectivity index (χ4v) is 2.45. The maximum absolute atomic E-state index is 6.26. The van der Waals surface area contributed by atoms with Crippen LogP contribution < -0.4 is 10.5 Å². The van der Waals surface area contributed by atoms with E-state index in [1.807, 2.05) is 25.2 Å². The zero-order valence-corrected chi connectivity index (χ0v) is 12.4. The molecule has 0 aliphatic carbocycles. The van der Waals surface area contributed by atoms with Crippen LogP contribution in [0.4, 0.5) is 0 Å². The molecule has 1 unspecified atom stereocenters. The monoisotopic (exact) mass is 329 g/mol. The molecule has 1 heterocycles. The molecule has 0 radical (unpaired) electrons. The van der Waals surface area contributed by atoms with Crippen LogP contribution in [0.15, 0.2) is 28.9 Å². The summed E-state index contributed by atoms with van der Waals surface area (Å²) in [6, 6.07) is 5.19. The lowest BCUT2D eigenvalue weighted by atomic mass is 10.0. The Morgan fingerprint density at radius 1 is 1.50 bits per heavy atom. The van der Waals surface area contributed by atoms with E-state index < -0.39 is 6.04 Å². The number of hydrogen-bond donors (Lipinski definition) is 1. The SMILES string of the molecule is COc1cnn(C)c1C(N)c1cc(Br)ccc1Cl. The third-order valence-corrected chi connectivity index (χ3v) is 3.59. The summed E-state index contributed by atoms with van der Waals surface area (Å²) in [6.45, 7) is 0. The van der Waals surface area contributed by atoms with Gasteiger partial charge in [0.05, 0.1) is 19.3 Å². The highest BCUT2D eigenvalue weighted by molar-refractivity contribution is 9.10. The Labute approximate surface area is 119 Å². The fourth-order valence-electron chi connectivity index (χ4n) is 1.84. The van der Waals surface area contributed by atoms with Crippen molar-refractivity contribution in [3.05, 3.63) is 45.1 Å². The van der Waals surface area contributed by atoms with E-state index >= 15 is 0 Å². The minimum Gasteiger partial charge on any atom is -0.493 e. The van der Waals surface area contributed by atoms with E-state index in [-0.39, 0.29) is 0 Å². The number of halogens is 2. The molecule has 2 aromatic rings. The van der Waals surface area contributed by atoms with Crippen LogP contribution in [0.5, 0.6) is 5.75 Å². The second kappa shape index (κ2) is 5.30. The smallest absolute Gasteiger partial charge is 0.161 e. The molecule has 0 bridgehead atoms. The van der Waals surface area contributed by atoms with Gasteiger partial charge >= 0.3 is 0 Å². The van der Waals surface area contributed by atoms with E-state index in [4.69, 9.17) is 22.1 Å². The van der Waals surface area contributed by atoms with Gasteiger partial charge in [-0.3, -0.25) is 4.68 Å². The molecular weight excluding hydrogens is 318 g/mol. The Hall–Kier alpha value is -1.04. The molecule has 0 aliphatic heterocycles. The molecule has 96 valence electrons. The minimum absolute atomic E-state index is 0.391. The van der Waals surface area contributed by atoms with Gasteiger partial charge in [0.25, 0.3) is 0 Å². The summed E-state index contributed by atoms with van der Waals surface area (Å²) in [5, 5.41) is 4.76. The van der Waals surface area contributed by atoms with Crippen LogP contribution in [0.1, 0.15) is 17.3 Å². The minimum atomic E-state index is -0.391. The number of benzene rings is 1. The largest absolute Gasteiger partial charge is 0.493 e. The molecule has 4 nitrogen and oxygen atoms in total. The second-order valence-corrected chi connectivity index (χ2v) is 5.19. The first kappa shape index (κ1) is 13.4. The van der Waals surface area contributed by atoms with E-state index in [0.29, 0.717) is 10.8 Å². The van der Waals surface area contributed by atoms with Crippen LogP contribution in [0.2, 0.25) is 5.02 Å². The van der Waals surface area contributed by atoms with Crippen molar-refractivity contribution in [2.24, 2.45) is 12.8 Å². The highest BCUT2D eigenvalue weighted by Gasteiger charge is 2.21. The summed E-state index contributed by atoms with van der Waals surface area (Å²) < 4.78 is 7.89. The van der Waals surface area contributed by atoms with Crippen molar-refractivity contribution >= 4 is 27.5 Å². The first-order valence-corrected chi connectivity index (χ1v) is 6.48. The molecule has 0 aliphatic rings. The van der Waals surface area contributed by atoms with Crippen molar-refractivity contribution in [3.8, 4) is 5.75 Å². The van der Waals surface area contributed by atoms with Gasteiger partial charge in [-0.15, -0.1) is 0 Å². The predicted octanol–water partition coefficient (Wildman–Crippen LogP) is 2.89. The van der Waals surface area contributed by atoms with E-state index in [0.717, 1.165) is 15.7 Å². The molecular formula is C12H13BrClN3O. The predicted molar refractivity (Wildman–Crippen MR) is 74.9 cm³/mol. The molecule has 1 atom stereocenters. The fraction of sp³-hybridized carbons (Fsp3) is 0.250. The zero-order chi connectivity index (χ0) is 13.3. The molecule has 18 heavy (non-hydrogen) atoms. The normalized spacial score (nSPS) is 12.5. The molecule has 0 amide bonds. The Bertz CT molecular complexity index is 570. The Morgan fingerprint density at radius 2 is 2.22 bits per heavy atom. The number of nitrogens with two attached hydrogens (primary N) is 1. The van der Waals surface area contributed by atoms with Gasteiger partial charge in [0.2, 0.25) is 0 Å². The van der Waals surface area contributed by atoms with Gasteiger partial charge in [0, 0.05) is 16.5 Å². The van der Waals surface area contributed by atoms with E-state index in [1.54, 1.807) is 18.0 Å². The Kier molecular flexibility index (Phi) is 3.94. The van der Waals surface area contributed by atoms with E-state index in [2.05, 4.69) is 21.0 Å². The van der Waals surface area contributed by atoms with Crippen molar-refractivity contribution in [3.63, 3.8) is 0 Å².